The van der Waals surface area contributed by atoms with E-state index in [1.54, 1.807) is 38.1 Å². The van der Waals surface area contributed by atoms with Crippen molar-refractivity contribution in [2.24, 2.45) is 0 Å². The summed E-state index contributed by atoms with van der Waals surface area (Å²) in [6.45, 7) is 3.62. The third-order valence-corrected chi connectivity index (χ3v) is 9.61. The first kappa shape index (κ1) is 29.0. The minimum absolute atomic E-state index is 0.00791. The standard InChI is InChI=1S/C26H31N3O7S2/c1-5-28(6-2)37(31,32)23-15-12-20(13-16-23)27-26(30)19-29(38(33,34)22-10-8-7-9-11-22)21-14-17-24(35-3)25(18-21)36-4/h7-18H,5-6,19H2,1-4H3,(H,27,30). The normalized spacial score (nSPS) is 11.7. The summed E-state index contributed by atoms with van der Waals surface area (Å²) in [6.07, 6.45) is 0. The number of hydrogen-bond acceptors (Lipinski definition) is 7. The molecule has 3 aromatic rings. The van der Waals surface area contributed by atoms with Crippen molar-refractivity contribution in [3.8, 4) is 11.5 Å². The molecular formula is C26H31N3O7S2. The van der Waals surface area contributed by atoms with Crippen LogP contribution in [-0.4, -0.2) is 60.9 Å². The molecule has 0 atom stereocenters. The van der Waals surface area contributed by atoms with E-state index in [1.807, 2.05) is 0 Å². The van der Waals surface area contributed by atoms with Gasteiger partial charge in [-0.3, -0.25) is 9.10 Å². The molecule has 0 aliphatic carbocycles. The lowest BCUT2D eigenvalue weighted by atomic mass is 10.2. The molecule has 1 N–H and O–H groups in total. The van der Waals surface area contributed by atoms with Crippen molar-refractivity contribution in [1.82, 2.24) is 4.31 Å². The molecule has 38 heavy (non-hydrogen) atoms. The second-order valence-corrected chi connectivity index (χ2v) is 11.8. The predicted octanol–water partition coefficient (Wildman–Crippen LogP) is 3.57. The number of nitrogens with zero attached hydrogens (tertiary/aromatic N) is 2. The molecule has 3 aromatic carbocycles. The molecule has 12 heteroatoms. The number of benzene rings is 3. The van der Waals surface area contributed by atoms with Crippen LogP contribution < -0.4 is 19.1 Å². The van der Waals surface area contributed by atoms with Gasteiger partial charge in [0, 0.05) is 24.8 Å². The largest absolute Gasteiger partial charge is 0.493 e. The fourth-order valence-corrected chi connectivity index (χ4v) is 6.66. The van der Waals surface area contributed by atoms with Crippen LogP contribution in [0, 0.1) is 0 Å². The molecule has 0 saturated heterocycles. The molecule has 0 heterocycles. The Labute approximate surface area is 223 Å². The first-order valence-corrected chi connectivity index (χ1v) is 14.7. The topological polar surface area (TPSA) is 122 Å². The van der Waals surface area contributed by atoms with Crippen LogP contribution in [0.2, 0.25) is 0 Å². The minimum atomic E-state index is -4.14. The minimum Gasteiger partial charge on any atom is -0.493 e. The molecule has 0 aliphatic rings. The van der Waals surface area contributed by atoms with Gasteiger partial charge in [0.1, 0.15) is 6.54 Å². The monoisotopic (exact) mass is 561 g/mol. The molecule has 0 fully saturated rings. The molecule has 0 bridgehead atoms. The van der Waals surface area contributed by atoms with Crippen molar-refractivity contribution in [2.75, 3.05) is 43.5 Å². The number of methoxy groups -OCH3 is 2. The van der Waals surface area contributed by atoms with E-state index < -0.39 is 32.5 Å². The van der Waals surface area contributed by atoms with Crippen molar-refractivity contribution >= 4 is 37.3 Å². The first-order chi connectivity index (χ1) is 18.1. The number of hydrogen-bond donors (Lipinski definition) is 1. The number of ether oxygens (including phenoxy) is 2. The maximum Gasteiger partial charge on any atom is 0.264 e. The van der Waals surface area contributed by atoms with Gasteiger partial charge in [0.05, 0.1) is 29.7 Å². The highest BCUT2D eigenvalue weighted by Crippen LogP contribution is 2.33. The van der Waals surface area contributed by atoms with Crippen molar-refractivity contribution in [3.05, 3.63) is 72.8 Å². The van der Waals surface area contributed by atoms with Crippen LogP contribution in [0.3, 0.4) is 0 Å². The molecule has 0 aliphatic heterocycles. The third-order valence-electron chi connectivity index (χ3n) is 5.75. The molecule has 204 valence electrons. The van der Waals surface area contributed by atoms with Crippen LogP contribution in [0.25, 0.3) is 0 Å². The van der Waals surface area contributed by atoms with Gasteiger partial charge in [0.25, 0.3) is 10.0 Å². The van der Waals surface area contributed by atoms with Crippen molar-refractivity contribution < 1.29 is 31.1 Å². The Morgan fingerprint density at radius 1 is 0.763 bits per heavy atom. The summed E-state index contributed by atoms with van der Waals surface area (Å²) in [5, 5.41) is 2.64. The van der Waals surface area contributed by atoms with Crippen LogP contribution >= 0.6 is 0 Å². The molecule has 0 aromatic heterocycles. The van der Waals surface area contributed by atoms with Crippen LogP contribution in [0.4, 0.5) is 11.4 Å². The van der Waals surface area contributed by atoms with Crippen LogP contribution in [-0.2, 0) is 24.8 Å². The average molecular weight is 562 g/mol. The van der Waals surface area contributed by atoms with Crippen LogP contribution in [0.1, 0.15) is 13.8 Å². The van der Waals surface area contributed by atoms with Gasteiger partial charge in [-0.05, 0) is 48.5 Å². The Bertz CT molecular complexity index is 1460. The zero-order chi connectivity index (χ0) is 27.9. The fraction of sp³-hybridized carbons (Fsp3) is 0.269. The van der Waals surface area contributed by atoms with Gasteiger partial charge in [-0.15, -0.1) is 0 Å². The van der Waals surface area contributed by atoms with Crippen molar-refractivity contribution in [2.45, 2.75) is 23.6 Å². The summed E-state index contributed by atoms with van der Waals surface area (Å²) in [5.41, 5.74) is 0.514. The average Bonchev–Trinajstić information content (AvgIpc) is 2.92. The smallest absolute Gasteiger partial charge is 0.264 e. The van der Waals surface area contributed by atoms with E-state index in [2.05, 4.69) is 5.32 Å². The number of carbonyl (C=O) groups excluding carboxylic acids is 1. The van der Waals surface area contributed by atoms with Gasteiger partial charge in [-0.2, -0.15) is 4.31 Å². The van der Waals surface area contributed by atoms with E-state index in [0.29, 0.717) is 30.3 Å². The lowest BCUT2D eigenvalue weighted by Crippen LogP contribution is -2.38. The summed E-state index contributed by atoms with van der Waals surface area (Å²) in [4.78, 5) is 13.1. The Kier molecular flexibility index (Phi) is 9.36. The Morgan fingerprint density at radius 2 is 1.34 bits per heavy atom. The molecule has 0 radical (unpaired) electrons. The lowest BCUT2D eigenvalue weighted by molar-refractivity contribution is -0.114. The van der Waals surface area contributed by atoms with E-state index in [-0.39, 0.29) is 15.5 Å². The van der Waals surface area contributed by atoms with Gasteiger partial charge < -0.3 is 14.8 Å². The van der Waals surface area contributed by atoms with Gasteiger partial charge in [-0.1, -0.05) is 32.0 Å². The van der Waals surface area contributed by atoms with Gasteiger partial charge in [-0.25, -0.2) is 16.8 Å². The summed E-state index contributed by atoms with van der Waals surface area (Å²) in [6, 6.07) is 18.0. The third kappa shape index (κ3) is 6.26. The Balaban J connectivity index is 1.91. The molecule has 0 spiro atoms. The van der Waals surface area contributed by atoms with E-state index >= 15 is 0 Å². The van der Waals surface area contributed by atoms with E-state index in [9.17, 15) is 21.6 Å². The number of nitrogens with one attached hydrogen (secondary N) is 1. The first-order valence-electron chi connectivity index (χ1n) is 11.8. The van der Waals surface area contributed by atoms with Gasteiger partial charge in [0.2, 0.25) is 15.9 Å². The molecule has 0 unspecified atom stereocenters. The summed E-state index contributed by atoms with van der Waals surface area (Å²) in [5.74, 6) is 0.0693. The Morgan fingerprint density at radius 3 is 1.89 bits per heavy atom. The number of rotatable bonds is 12. The summed E-state index contributed by atoms with van der Waals surface area (Å²) >= 11 is 0. The highest BCUT2D eigenvalue weighted by Gasteiger charge is 2.28. The van der Waals surface area contributed by atoms with E-state index in [0.717, 1.165) is 4.31 Å². The van der Waals surface area contributed by atoms with Crippen molar-refractivity contribution in [1.29, 1.82) is 0 Å². The lowest BCUT2D eigenvalue weighted by Gasteiger charge is -2.25. The zero-order valence-corrected chi connectivity index (χ0v) is 23.3. The van der Waals surface area contributed by atoms with E-state index in [1.165, 1.54) is 67.1 Å². The zero-order valence-electron chi connectivity index (χ0n) is 21.6. The second kappa shape index (κ2) is 12.3. The Hall–Kier alpha value is -3.61. The number of amides is 1. The van der Waals surface area contributed by atoms with Crippen molar-refractivity contribution in [3.63, 3.8) is 0 Å². The summed E-state index contributed by atoms with van der Waals surface area (Å²) in [7, 11) is -4.90. The molecule has 10 nitrogen and oxygen atoms in total. The second-order valence-electron chi connectivity index (χ2n) is 8.03. The quantitative estimate of drug-likeness (QED) is 0.359. The highest BCUT2D eigenvalue weighted by molar-refractivity contribution is 7.92. The highest BCUT2D eigenvalue weighted by atomic mass is 32.2. The van der Waals surface area contributed by atoms with Crippen LogP contribution in [0.15, 0.2) is 82.6 Å². The molecule has 3 rings (SSSR count). The van der Waals surface area contributed by atoms with E-state index in [4.69, 9.17) is 9.47 Å². The van der Waals surface area contributed by atoms with Gasteiger partial charge in [0.15, 0.2) is 11.5 Å². The maximum absolute atomic E-state index is 13.6. The van der Waals surface area contributed by atoms with Gasteiger partial charge >= 0.3 is 0 Å². The molecular weight excluding hydrogens is 530 g/mol. The fourth-order valence-electron chi connectivity index (χ4n) is 3.77. The number of sulfonamides is 2. The van der Waals surface area contributed by atoms with Crippen LogP contribution in [0.5, 0.6) is 11.5 Å². The molecule has 0 saturated carbocycles. The summed E-state index contributed by atoms with van der Waals surface area (Å²) < 4.78 is 65.4. The predicted molar refractivity (Wildman–Crippen MR) is 146 cm³/mol. The number of carbonyl (C=O) groups is 1. The maximum atomic E-state index is 13.6. The number of anilines is 2. The SMILES string of the molecule is CCN(CC)S(=O)(=O)c1ccc(NC(=O)CN(c2ccc(OC)c(OC)c2)S(=O)(=O)c2ccccc2)cc1. The molecule has 1 amide bonds.